The number of ether oxygens (including phenoxy) is 2. The number of para-hydroxylation sites is 1. The van der Waals surface area contributed by atoms with Gasteiger partial charge < -0.3 is 9.47 Å². The van der Waals surface area contributed by atoms with Gasteiger partial charge in [0.25, 0.3) is 10.0 Å². The quantitative estimate of drug-likeness (QED) is 0.849. The normalized spacial score (nSPS) is 16.8. The molecule has 2 heterocycles. The molecule has 0 N–H and O–H groups in total. The highest BCUT2D eigenvalue weighted by atomic mass is 32.2. The number of anilines is 1. The van der Waals surface area contributed by atoms with Crippen molar-refractivity contribution in [3.8, 4) is 11.5 Å². The second kappa shape index (κ2) is 5.45. The lowest BCUT2D eigenvalue weighted by Gasteiger charge is -2.20. The maximum absolute atomic E-state index is 13.0. The van der Waals surface area contributed by atoms with Gasteiger partial charge in [-0.2, -0.15) is 0 Å². The van der Waals surface area contributed by atoms with Crippen LogP contribution in [0.25, 0.3) is 0 Å². The molecule has 2 aromatic rings. The third kappa shape index (κ3) is 2.43. The van der Waals surface area contributed by atoms with Crippen molar-refractivity contribution in [2.75, 3.05) is 24.1 Å². The van der Waals surface area contributed by atoms with Gasteiger partial charge in [-0.1, -0.05) is 18.2 Å². The number of nitrogens with zero attached hydrogens (tertiary/aromatic N) is 1. The fraction of sp³-hybridized carbons (Fsp3) is 0.294. The van der Waals surface area contributed by atoms with E-state index in [4.69, 9.17) is 9.47 Å². The van der Waals surface area contributed by atoms with Crippen molar-refractivity contribution in [1.29, 1.82) is 0 Å². The van der Waals surface area contributed by atoms with Gasteiger partial charge in [-0.05, 0) is 30.2 Å². The van der Waals surface area contributed by atoms with Crippen LogP contribution in [-0.4, -0.2) is 28.2 Å². The van der Waals surface area contributed by atoms with Gasteiger partial charge in [-0.3, -0.25) is 4.31 Å². The summed E-state index contributed by atoms with van der Waals surface area (Å²) in [6, 6.07) is 12.4. The summed E-state index contributed by atoms with van der Waals surface area (Å²) in [7, 11) is -3.60. The Hall–Kier alpha value is -2.21. The van der Waals surface area contributed by atoms with Crippen LogP contribution in [0.4, 0.5) is 5.69 Å². The van der Waals surface area contributed by atoms with Crippen LogP contribution in [-0.2, 0) is 16.4 Å². The molecule has 0 atom stereocenters. The second-order valence-electron chi connectivity index (χ2n) is 5.61. The molecule has 0 unspecified atom stereocenters. The van der Waals surface area contributed by atoms with E-state index in [0.29, 0.717) is 31.3 Å². The van der Waals surface area contributed by atoms with E-state index in [-0.39, 0.29) is 4.90 Å². The van der Waals surface area contributed by atoms with E-state index in [0.717, 1.165) is 24.1 Å². The highest BCUT2D eigenvalue weighted by molar-refractivity contribution is 7.92. The van der Waals surface area contributed by atoms with Crippen molar-refractivity contribution in [1.82, 2.24) is 0 Å². The van der Waals surface area contributed by atoms with Crippen LogP contribution in [0.15, 0.2) is 47.4 Å². The molecule has 6 heteroatoms. The molecule has 0 aliphatic carbocycles. The summed E-state index contributed by atoms with van der Waals surface area (Å²) in [4.78, 5) is 0.235. The molecule has 2 aliphatic heterocycles. The van der Waals surface area contributed by atoms with Gasteiger partial charge in [0, 0.05) is 19.0 Å². The average molecular weight is 331 g/mol. The predicted molar refractivity (Wildman–Crippen MR) is 86.7 cm³/mol. The van der Waals surface area contributed by atoms with Gasteiger partial charge in [-0.15, -0.1) is 0 Å². The summed E-state index contributed by atoms with van der Waals surface area (Å²) in [6.07, 6.45) is 1.52. The van der Waals surface area contributed by atoms with Crippen LogP contribution in [0.1, 0.15) is 12.0 Å². The van der Waals surface area contributed by atoms with Gasteiger partial charge >= 0.3 is 0 Å². The lowest BCUT2D eigenvalue weighted by Crippen LogP contribution is -2.29. The Balaban J connectivity index is 1.74. The molecule has 0 saturated carbocycles. The molecular weight excluding hydrogens is 314 g/mol. The minimum atomic E-state index is -3.60. The molecule has 4 rings (SSSR count). The molecule has 0 amide bonds. The van der Waals surface area contributed by atoms with Crippen molar-refractivity contribution in [3.05, 3.63) is 48.0 Å². The Morgan fingerprint density at radius 1 is 0.957 bits per heavy atom. The van der Waals surface area contributed by atoms with E-state index in [1.165, 1.54) is 4.31 Å². The van der Waals surface area contributed by atoms with Crippen molar-refractivity contribution >= 4 is 15.7 Å². The molecule has 120 valence electrons. The summed E-state index contributed by atoms with van der Waals surface area (Å²) in [5.74, 6) is 1.10. The molecule has 2 aromatic carbocycles. The molecule has 0 aromatic heterocycles. The zero-order valence-electron chi connectivity index (χ0n) is 12.6. The Kier molecular flexibility index (Phi) is 3.41. The monoisotopic (exact) mass is 331 g/mol. The first-order valence-corrected chi connectivity index (χ1v) is 9.10. The summed E-state index contributed by atoms with van der Waals surface area (Å²) in [6.45, 7) is 1.58. The maximum atomic E-state index is 13.0. The number of hydrogen-bond acceptors (Lipinski definition) is 4. The Bertz CT molecular complexity index is 847. The summed E-state index contributed by atoms with van der Waals surface area (Å²) in [5.41, 5.74) is 1.82. The first-order chi connectivity index (χ1) is 11.2. The highest BCUT2D eigenvalue weighted by Gasteiger charge is 2.31. The van der Waals surface area contributed by atoms with E-state index in [9.17, 15) is 8.42 Å². The zero-order chi connectivity index (χ0) is 15.9. The fourth-order valence-corrected chi connectivity index (χ4v) is 4.51. The van der Waals surface area contributed by atoms with Crippen molar-refractivity contribution in [2.45, 2.75) is 17.7 Å². The number of sulfonamides is 1. The zero-order valence-corrected chi connectivity index (χ0v) is 13.4. The second-order valence-corrected chi connectivity index (χ2v) is 7.48. The SMILES string of the molecule is O=S(=O)(c1ccc2c(c1)OCCCO2)N1CCc2ccccc21. The van der Waals surface area contributed by atoms with Crippen molar-refractivity contribution in [2.24, 2.45) is 0 Å². The molecular formula is C17H17NO4S. The van der Waals surface area contributed by atoms with Gasteiger partial charge in [0.2, 0.25) is 0 Å². The highest BCUT2D eigenvalue weighted by Crippen LogP contribution is 2.36. The minimum Gasteiger partial charge on any atom is -0.490 e. The summed E-state index contributed by atoms with van der Waals surface area (Å²) < 4.78 is 38.6. The van der Waals surface area contributed by atoms with Gasteiger partial charge in [-0.25, -0.2) is 8.42 Å². The molecule has 0 bridgehead atoms. The van der Waals surface area contributed by atoms with Crippen LogP contribution >= 0.6 is 0 Å². The van der Waals surface area contributed by atoms with Crippen LogP contribution in [0, 0.1) is 0 Å². The number of fused-ring (bicyclic) bond motifs is 2. The van der Waals surface area contributed by atoms with Gasteiger partial charge in [0.1, 0.15) is 0 Å². The molecule has 23 heavy (non-hydrogen) atoms. The Morgan fingerprint density at radius 2 is 1.74 bits per heavy atom. The van der Waals surface area contributed by atoms with Gasteiger partial charge in [0.15, 0.2) is 11.5 Å². The van der Waals surface area contributed by atoms with Crippen molar-refractivity contribution in [3.63, 3.8) is 0 Å². The third-order valence-corrected chi connectivity index (χ3v) is 5.96. The molecule has 2 aliphatic rings. The van der Waals surface area contributed by atoms with E-state index < -0.39 is 10.0 Å². The largest absolute Gasteiger partial charge is 0.490 e. The Morgan fingerprint density at radius 3 is 2.61 bits per heavy atom. The smallest absolute Gasteiger partial charge is 0.264 e. The summed E-state index contributed by atoms with van der Waals surface area (Å²) >= 11 is 0. The maximum Gasteiger partial charge on any atom is 0.264 e. The minimum absolute atomic E-state index is 0.235. The predicted octanol–water partition coefficient (Wildman–Crippen LogP) is 2.60. The van der Waals surface area contributed by atoms with Crippen LogP contribution in [0.2, 0.25) is 0 Å². The number of hydrogen-bond donors (Lipinski definition) is 0. The lowest BCUT2D eigenvalue weighted by atomic mass is 10.2. The van der Waals surface area contributed by atoms with Crippen LogP contribution in [0.5, 0.6) is 11.5 Å². The van der Waals surface area contributed by atoms with E-state index in [1.807, 2.05) is 24.3 Å². The van der Waals surface area contributed by atoms with E-state index in [1.54, 1.807) is 18.2 Å². The molecule has 0 fully saturated rings. The Labute approximate surface area is 135 Å². The standard InChI is InChI=1S/C17H17NO4S/c19-23(20,18-9-8-13-4-1-2-5-15(13)18)14-6-7-16-17(12-14)22-11-3-10-21-16/h1-2,4-7,12H,3,8-11H2. The molecule has 0 saturated heterocycles. The molecule has 5 nitrogen and oxygen atoms in total. The topological polar surface area (TPSA) is 55.8 Å². The van der Waals surface area contributed by atoms with Gasteiger partial charge in [0.05, 0.1) is 23.8 Å². The summed E-state index contributed by atoms with van der Waals surface area (Å²) in [5, 5.41) is 0. The first-order valence-electron chi connectivity index (χ1n) is 7.66. The van der Waals surface area contributed by atoms with Crippen LogP contribution < -0.4 is 13.8 Å². The number of rotatable bonds is 2. The average Bonchev–Trinajstić information content (AvgIpc) is 2.86. The fourth-order valence-electron chi connectivity index (χ4n) is 2.99. The van der Waals surface area contributed by atoms with E-state index in [2.05, 4.69) is 0 Å². The van der Waals surface area contributed by atoms with Crippen molar-refractivity contribution < 1.29 is 17.9 Å². The lowest BCUT2D eigenvalue weighted by molar-refractivity contribution is 0.297. The third-order valence-electron chi connectivity index (χ3n) is 4.15. The van der Waals surface area contributed by atoms with Crippen LogP contribution in [0.3, 0.4) is 0 Å². The van der Waals surface area contributed by atoms with E-state index >= 15 is 0 Å². The molecule has 0 radical (unpaired) electrons. The number of benzene rings is 2. The molecule has 0 spiro atoms. The first kappa shape index (κ1) is 14.4.